The zero-order chi connectivity index (χ0) is 14.2. The van der Waals surface area contributed by atoms with E-state index in [-0.39, 0.29) is 11.5 Å². The number of hydrogen-bond donors (Lipinski definition) is 1. The molecular weight excluding hydrogens is 262 g/mol. The Balaban J connectivity index is 1.37. The summed E-state index contributed by atoms with van der Waals surface area (Å²) in [5.74, 6) is 3.96. The molecule has 3 atom stereocenters. The Morgan fingerprint density at radius 2 is 1.57 bits per heavy atom. The predicted molar refractivity (Wildman–Crippen MR) is 79.4 cm³/mol. The van der Waals surface area contributed by atoms with Gasteiger partial charge in [-0.3, -0.25) is 4.79 Å². The third-order valence-electron chi connectivity index (χ3n) is 7.60. The van der Waals surface area contributed by atoms with Crippen LogP contribution in [0.15, 0.2) is 0 Å². The van der Waals surface area contributed by atoms with Gasteiger partial charge in [0, 0.05) is 19.0 Å². The molecule has 6 rings (SSSR count). The van der Waals surface area contributed by atoms with Crippen LogP contribution >= 0.6 is 0 Å². The van der Waals surface area contributed by atoms with Gasteiger partial charge in [-0.05, 0) is 75.0 Å². The molecule has 4 bridgehead atoms. The molecule has 1 amide bonds. The number of carbonyl (C=O) groups excluding carboxylic acids is 1. The quantitative estimate of drug-likeness (QED) is 0.805. The van der Waals surface area contributed by atoms with Crippen LogP contribution in [0.1, 0.15) is 51.4 Å². The van der Waals surface area contributed by atoms with Crippen LogP contribution in [-0.2, 0) is 4.79 Å². The van der Waals surface area contributed by atoms with Gasteiger partial charge in [0.2, 0.25) is 5.91 Å². The second-order valence-corrected chi connectivity index (χ2v) is 8.98. The Morgan fingerprint density at radius 3 is 2.14 bits per heavy atom. The molecule has 116 valence electrons. The molecule has 0 spiro atoms. The predicted octanol–water partition coefficient (Wildman–Crippen LogP) is 2.43. The van der Waals surface area contributed by atoms with E-state index in [0.29, 0.717) is 17.7 Å². The van der Waals surface area contributed by atoms with E-state index in [1.54, 1.807) is 0 Å². The first-order chi connectivity index (χ1) is 10.1. The lowest BCUT2D eigenvalue weighted by molar-refractivity contribution is -0.157. The average Bonchev–Trinajstić information content (AvgIpc) is 2.99. The maximum atomic E-state index is 13.3. The van der Waals surface area contributed by atoms with Crippen LogP contribution in [0.25, 0.3) is 0 Å². The van der Waals surface area contributed by atoms with Crippen LogP contribution < -0.4 is 0 Å². The summed E-state index contributed by atoms with van der Waals surface area (Å²) in [6.45, 7) is 1.77. The highest BCUT2D eigenvalue weighted by Gasteiger charge is 2.57. The van der Waals surface area contributed by atoms with E-state index in [1.807, 2.05) is 0 Å². The first-order valence-corrected chi connectivity index (χ1v) is 9.10. The molecule has 3 heteroatoms. The SMILES string of the molecule is O=C(N1CC2CCC(O)C2C1)C12CC3CC(CC(C3)C1)C2. The lowest BCUT2D eigenvalue weighted by Gasteiger charge is -2.56. The summed E-state index contributed by atoms with van der Waals surface area (Å²) in [4.78, 5) is 15.4. The molecule has 3 unspecified atom stereocenters. The van der Waals surface area contributed by atoms with Crippen molar-refractivity contribution in [2.75, 3.05) is 13.1 Å². The summed E-state index contributed by atoms with van der Waals surface area (Å²) in [5.41, 5.74) is 0.0122. The minimum absolute atomic E-state index is 0.0122. The largest absolute Gasteiger partial charge is 0.393 e. The van der Waals surface area contributed by atoms with E-state index in [2.05, 4.69) is 4.90 Å². The fourth-order valence-electron chi connectivity index (χ4n) is 7.11. The third-order valence-corrected chi connectivity index (χ3v) is 7.60. The number of amides is 1. The minimum atomic E-state index is -0.149. The molecular formula is C18H27NO2. The van der Waals surface area contributed by atoms with Crippen molar-refractivity contribution in [3.63, 3.8) is 0 Å². The van der Waals surface area contributed by atoms with E-state index in [9.17, 15) is 9.90 Å². The molecule has 5 saturated carbocycles. The number of nitrogens with zero attached hydrogens (tertiary/aromatic N) is 1. The zero-order valence-corrected chi connectivity index (χ0v) is 12.8. The monoisotopic (exact) mass is 289 g/mol. The average molecular weight is 289 g/mol. The van der Waals surface area contributed by atoms with Crippen LogP contribution in [0.4, 0.5) is 0 Å². The van der Waals surface area contributed by atoms with Crippen molar-refractivity contribution in [2.24, 2.45) is 35.0 Å². The van der Waals surface area contributed by atoms with E-state index in [0.717, 1.165) is 43.7 Å². The molecule has 6 fully saturated rings. The lowest BCUT2D eigenvalue weighted by atomic mass is 9.49. The van der Waals surface area contributed by atoms with Gasteiger partial charge in [0.1, 0.15) is 0 Å². The fourth-order valence-corrected chi connectivity index (χ4v) is 7.11. The number of rotatable bonds is 1. The topological polar surface area (TPSA) is 40.5 Å². The third kappa shape index (κ3) is 1.79. The van der Waals surface area contributed by atoms with Crippen LogP contribution in [0, 0.1) is 35.0 Å². The summed E-state index contributed by atoms with van der Waals surface area (Å²) >= 11 is 0. The lowest BCUT2D eigenvalue weighted by Crippen LogP contribution is -2.54. The zero-order valence-electron chi connectivity index (χ0n) is 12.8. The molecule has 0 aromatic rings. The highest BCUT2D eigenvalue weighted by molar-refractivity contribution is 5.83. The van der Waals surface area contributed by atoms with Crippen LogP contribution in [0.3, 0.4) is 0 Å². The van der Waals surface area contributed by atoms with E-state index < -0.39 is 0 Å². The van der Waals surface area contributed by atoms with Crippen molar-refractivity contribution >= 4 is 5.91 Å². The highest BCUT2D eigenvalue weighted by atomic mass is 16.3. The van der Waals surface area contributed by atoms with Gasteiger partial charge in [-0.15, -0.1) is 0 Å². The summed E-state index contributed by atoms with van der Waals surface area (Å²) < 4.78 is 0. The summed E-state index contributed by atoms with van der Waals surface area (Å²) in [5, 5.41) is 10.1. The van der Waals surface area contributed by atoms with Crippen molar-refractivity contribution in [3.05, 3.63) is 0 Å². The number of likely N-dealkylation sites (tertiary alicyclic amines) is 1. The Bertz CT molecular complexity index is 439. The normalized spacial score (nSPS) is 54.2. The number of fused-ring (bicyclic) bond motifs is 1. The van der Waals surface area contributed by atoms with Crippen molar-refractivity contribution < 1.29 is 9.90 Å². The summed E-state index contributed by atoms with van der Waals surface area (Å²) in [6.07, 6.45) is 9.64. The van der Waals surface area contributed by atoms with Crippen LogP contribution in [-0.4, -0.2) is 35.1 Å². The van der Waals surface area contributed by atoms with E-state index >= 15 is 0 Å². The van der Waals surface area contributed by atoms with Crippen molar-refractivity contribution in [2.45, 2.75) is 57.5 Å². The second kappa shape index (κ2) is 4.24. The van der Waals surface area contributed by atoms with Crippen molar-refractivity contribution in [3.8, 4) is 0 Å². The smallest absolute Gasteiger partial charge is 0.228 e. The van der Waals surface area contributed by atoms with E-state index in [4.69, 9.17) is 0 Å². The Kier molecular flexibility index (Phi) is 2.61. The fraction of sp³-hybridized carbons (Fsp3) is 0.944. The maximum absolute atomic E-state index is 13.3. The van der Waals surface area contributed by atoms with Crippen LogP contribution in [0.2, 0.25) is 0 Å². The first-order valence-electron chi connectivity index (χ1n) is 9.10. The molecule has 1 saturated heterocycles. The highest BCUT2D eigenvalue weighted by Crippen LogP contribution is 2.61. The van der Waals surface area contributed by atoms with Gasteiger partial charge in [0.15, 0.2) is 0 Å². The molecule has 0 aromatic heterocycles. The Hall–Kier alpha value is -0.570. The standard InChI is InChI=1S/C18H27NO2/c20-16-2-1-14-9-19(10-15(14)16)17(21)18-6-11-3-12(7-18)5-13(4-11)8-18/h11-16,20H,1-10H2. The van der Waals surface area contributed by atoms with Gasteiger partial charge in [0.25, 0.3) is 0 Å². The molecule has 3 nitrogen and oxygen atoms in total. The van der Waals surface area contributed by atoms with Crippen molar-refractivity contribution in [1.29, 1.82) is 0 Å². The van der Waals surface area contributed by atoms with Crippen molar-refractivity contribution in [1.82, 2.24) is 4.90 Å². The van der Waals surface area contributed by atoms with Gasteiger partial charge < -0.3 is 10.0 Å². The Labute approximate surface area is 127 Å². The molecule has 21 heavy (non-hydrogen) atoms. The molecule has 6 aliphatic rings. The molecule has 0 radical (unpaired) electrons. The van der Waals surface area contributed by atoms with Gasteiger partial charge in [-0.2, -0.15) is 0 Å². The molecule has 0 aromatic carbocycles. The molecule has 5 aliphatic carbocycles. The molecule has 1 heterocycles. The van der Waals surface area contributed by atoms with Crippen LogP contribution in [0.5, 0.6) is 0 Å². The van der Waals surface area contributed by atoms with Gasteiger partial charge in [-0.25, -0.2) is 0 Å². The number of aliphatic hydroxyl groups is 1. The number of hydrogen-bond acceptors (Lipinski definition) is 2. The van der Waals surface area contributed by atoms with E-state index in [1.165, 1.54) is 38.5 Å². The van der Waals surface area contributed by atoms with Gasteiger partial charge >= 0.3 is 0 Å². The maximum Gasteiger partial charge on any atom is 0.228 e. The first kappa shape index (κ1) is 12.9. The number of aliphatic hydroxyl groups excluding tert-OH is 1. The van der Waals surface area contributed by atoms with Gasteiger partial charge in [-0.1, -0.05) is 0 Å². The summed E-state index contributed by atoms with van der Waals surface area (Å²) in [7, 11) is 0. The molecule has 1 N–H and O–H groups in total. The number of carbonyl (C=O) groups is 1. The van der Waals surface area contributed by atoms with Gasteiger partial charge in [0.05, 0.1) is 11.5 Å². The minimum Gasteiger partial charge on any atom is -0.393 e. The Morgan fingerprint density at radius 1 is 0.952 bits per heavy atom. The molecule has 1 aliphatic heterocycles. The second-order valence-electron chi connectivity index (χ2n) is 8.98. The summed E-state index contributed by atoms with van der Waals surface area (Å²) in [6, 6.07) is 0.